The first-order chi connectivity index (χ1) is 7.31. The van der Waals surface area contributed by atoms with Gasteiger partial charge in [0.2, 0.25) is 0 Å². The van der Waals surface area contributed by atoms with E-state index in [1.54, 1.807) is 0 Å². The second-order valence-corrected chi connectivity index (χ2v) is 4.57. The van der Waals surface area contributed by atoms with Crippen molar-refractivity contribution in [2.75, 3.05) is 11.9 Å². The molecule has 0 aromatic rings. The summed E-state index contributed by atoms with van der Waals surface area (Å²) in [6, 6.07) is 0. The van der Waals surface area contributed by atoms with Crippen LogP contribution in [0.4, 0.5) is 0 Å². The highest BCUT2D eigenvalue weighted by molar-refractivity contribution is 9.09. The first kappa shape index (κ1) is 14.9. The molecule has 3 heteroatoms. The zero-order chi connectivity index (χ0) is 11.4. The van der Waals surface area contributed by atoms with Gasteiger partial charge in [0.25, 0.3) is 0 Å². The van der Waals surface area contributed by atoms with E-state index in [1.807, 2.05) is 0 Å². The van der Waals surface area contributed by atoms with Gasteiger partial charge in [0.1, 0.15) is 6.61 Å². The van der Waals surface area contributed by atoms with Gasteiger partial charge in [-0.15, -0.1) is 0 Å². The molecule has 15 heavy (non-hydrogen) atoms. The minimum absolute atomic E-state index is 0.0528. The summed E-state index contributed by atoms with van der Waals surface area (Å²) in [6.07, 6.45) is 9.26. The molecule has 90 valence electrons. The topological polar surface area (TPSA) is 26.3 Å². The molecule has 2 nitrogen and oxygen atoms in total. The molecule has 0 unspecified atom stereocenters. The van der Waals surface area contributed by atoms with Crippen molar-refractivity contribution in [1.82, 2.24) is 0 Å². The van der Waals surface area contributed by atoms with E-state index < -0.39 is 0 Å². The Bertz CT molecular complexity index is 149. The average molecular weight is 279 g/mol. The first-order valence-electron chi connectivity index (χ1n) is 6.02. The maximum Gasteiger partial charge on any atom is 0.305 e. The monoisotopic (exact) mass is 278 g/mol. The number of hydrogen-bond acceptors (Lipinski definition) is 2. The highest BCUT2D eigenvalue weighted by Crippen LogP contribution is 2.08. The molecule has 0 aliphatic rings. The van der Waals surface area contributed by atoms with Gasteiger partial charge in [-0.05, 0) is 6.42 Å². The fraction of sp³-hybridized carbons (Fsp3) is 0.917. The van der Waals surface area contributed by atoms with Crippen molar-refractivity contribution in [3.63, 3.8) is 0 Å². The molecule has 0 radical (unpaired) electrons. The lowest BCUT2D eigenvalue weighted by molar-refractivity contribution is -0.143. The van der Waals surface area contributed by atoms with Crippen molar-refractivity contribution < 1.29 is 9.53 Å². The molecule has 0 fully saturated rings. The third-order valence-corrected chi connectivity index (χ3v) is 2.65. The Morgan fingerprint density at radius 1 is 1.07 bits per heavy atom. The standard InChI is InChI=1S/C12H23BrO2/c1-2-3-4-5-6-7-8-9-12(14)15-11-10-13/h2-11H2,1H3. The number of carbonyl (C=O) groups is 1. The molecular weight excluding hydrogens is 256 g/mol. The van der Waals surface area contributed by atoms with Crippen LogP contribution in [0.3, 0.4) is 0 Å². The number of alkyl halides is 1. The van der Waals surface area contributed by atoms with Crippen molar-refractivity contribution in [2.45, 2.75) is 58.3 Å². The van der Waals surface area contributed by atoms with Crippen molar-refractivity contribution in [1.29, 1.82) is 0 Å². The minimum Gasteiger partial charge on any atom is -0.465 e. The van der Waals surface area contributed by atoms with E-state index in [4.69, 9.17) is 4.74 Å². The molecule has 0 saturated heterocycles. The Labute approximate surface area is 102 Å². The third kappa shape index (κ3) is 11.9. The van der Waals surface area contributed by atoms with Crippen molar-refractivity contribution >= 4 is 21.9 Å². The van der Waals surface area contributed by atoms with Crippen LogP contribution in [0.15, 0.2) is 0 Å². The van der Waals surface area contributed by atoms with Gasteiger partial charge in [0, 0.05) is 11.8 Å². The SMILES string of the molecule is CCCCCCCCCC(=O)OCCBr. The van der Waals surface area contributed by atoms with Gasteiger partial charge in [-0.3, -0.25) is 4.79 Å². The number of ether oxygens (including phenoxy) is 1. The van der Waals surface area contributed by atoms with Crippen LogP contribution in [0.25, 0.3) is 0 Å². The maximum absolute atomic E-state index is 11.1. The van der Waals surface area contributed by atoms with E-state index in [2.05, 4.69) is 22.9 Å². The largest absolute Gasteiger partial charge is 0.465 e. The van der Waals surface area contributed by atoms with Crippen LogP contribution >= 0.6 is 15.9 Å². The Morgan fingerprint density at radius 3 is 2.27 bits per heavy atom. The molecule has 0 aliphatic carbocycles. The van der Waals surface area contributed by atoms with Crippen molar-refractivity contribution in [3.05, 3.63) is 0 Å². The smallest absolute Gasteiger partial charge is 0.305 e. The van der Waals surface area contributed by atoms with Gasteiger partial charge in [-0.2, -0.15) is 0 Å². The summed E-state index contributed by atoms with van der Waals surface area (Å²) in [7, 11) is 0. The van der Waals surface area contributed by atoms with Crippen LogP contribution in [0.5, 0.6) is 0 Å². The summed E-state index contributed by atoms with van der Waals surface area (Å²) in [5, 5.41) is 0.732. The summed E-state index contributed by atoms with van der Waals surface area (Å²) in [5.74, 6) is -0.0528. The van der Waals surface area contributed by atoms with E-state index in [9.17, 15) is 4.79 Å². The highest BCUT2D eigenvalue weighted by atomic mass is 79.9. The summed E-state index contributed by atoms with van der Waals surface area (Å²) in [6.45, 7) is 2.72. The molecule has 0 amide bonds. The second kappa shape index (κ2) is 12.0. The predicted octanol–water partition coefficient (Wildman–Crippen LogP) is 4.07. The zero-order valence-electron chi connectivity index (χ0n) is 9.77. The fourth-order valence-electron chi connectivity index (χ4n) is 1.45. The number of carbonyl (C=O) groups excluding carboxylic acids is 1. The number of halogens is 1. The first-order valence-corrected chi connectivity index (χ1v) is 7.15. The van der Waals surface area contributed by atoms with E-state index in [1.165, 1.54) is 32.1 Å². The Balaban J connectivity index is 3.06. The predicted molar refractivity (Wildman–Crippen MR) is 67.4 cm³/mol. The molecule has 0 N–H and O–H groups in total. The third-order valence-electron chi connectivity index (χ3n) is 2.32. The Hall–Kier alpha value is -0.0500. The van der Waals surface area contributed by atoms with Crippen LogP contribution in [0.1, 0.15) is 58.3 Å². The molecule has 0 aromatic heterocycles. The summed E-state index contributed by atoms with van der Waals surface area (Å²) < 4.78 is 4.95. The summed E-state index contributed by atoms with van der Waals surface area (Å²) in [4.78, 5) is 11.1. The van der Waals surface area contributed by atoms with Crippen LogP contribution in [-0.2, 0) is 9.53 Å². The molecule has 0 aromatic carbocycles. The molecule has 0 atom stereocenters. The number of rotatable bonds is 10. The van der Waals surface area contributed by atoms with Gasteiger partial charge in [-0.25, -0.2) is 0 Å². The van der Waals surface area contributed by atoms with Crippen LogP contribution in [0, 0.1) is 0 Å². The molecule has 0 heterocycles. The number of hydrogen-bond donors (Lipinski definition) is 0. The quantitative estimate of drug-likeness (QED) is 0.342. The van der Waals surface area contributed by atoms with Gasteiger partial charge in [0.15, 0.2) is 0 Å². The molecule has 0 bridgehead atoms. The Morgan fingerprint density at radius 2 is 1.67 bits per heavy atom. The second-order valence-electron chi connectivity index (χ2n) is 3.78. The van der Waals surface area contributed by atoms with E-state index >= 15 is 0 Å². The minimum atomic E-state index is -0.0528. The molecule has 0 rings (SSSR count). The summed E-state index contributed by atoms with van der Waals surface area (Å²) >= 11 is 3.22. The zero-order valence-corrected chi connectivity index (χ0v) is 11.4. The van der Waals surface area contributed by atoms with Crippen LogP contribution in [0.2, 0.25) is 0 Å². The highest BCUT2D eigenvalue weighted by Gasteiger charge is 2.01. The van der Waals surface area contributed by atoms with E-state index in [0.717, 1.165) is 18.2 Å². The van der Waals surface area contributed by atoms with Gasteiger partial charge >= 0.3 is 5.97 Å². The maximum atomic E-state index is 11.1. The number of esters is 1. The van der Waals surface area contributed by atoms with E-state index in [-0.39, 0.29) is 5.97 Å². The van der Waals surface area contributed by atoms with Gasteiger partial charge < -0.3 is 4.74 Å². The summed E-state index contributed by atoms with van der Waals surface area (Å²) in [5.41, 5.74) is 0. The molecular formula is C12H23BrO2. The van der Waals surface area contributed by atoms with Crippen molar-refractivity contribution in [3.8, 4) is 0 Å². The average Bonchev–Trinajstić information content (AvgIpc) is 2.25. The fourth-order valence-corrected chi connectivity index (χ4v) is 1.61. The van der Waals surface area contributed by atoms with Crippen LogP contribution < -0.4 is 0 Å². The van der Waals surface area contributed by atoms with Gasteiger partial charge in [0.05, 0.1) is 0 Å². The molecule has 0 spiro atoms. The van der Waals surface area contributed by atoms with Gasteiger partial charge in [-0.1, -0.05) is 61.4 Å². The Kier molecular flexibility index (Phi) is 12.0. The lowest BCUT2D eigenvalue weighted by atomic mass is 10.1. The molecule has 0 aliphatic heterocycles. The molecule has 0 saturated carbocycles. The van der Waals surface area contributed by atoms with E-state index in [0.29, 0.717) is 13.0 Å². The van der Waals surface area contributed by atoms with Crippen molar-refractivity contribution in [2.24, 2.45) is 0 Å². The lowest BCUT2D eigenvalue weighted by Gasteiger charge is -2.02. The number of unbranched alkanes of at least 4 members (excludes halogenated alkanes) is 6. The normalized spacial score (nSPS) is 10.3. The lowest BCUT2D eigenvalue weighted by Crippen LogP contribution is -2.05. The van der Waals surface area contributed by atoms with Crippen LogP contribution in [-0.4, -0.2) is 17.9 Å².